The molecule has 1 aliphatic rings. The van der Waals surface area contributed by atoms with Gasteiger partial charge in [0.2, 0.25) is 6.79 Å². The lowest BCUT2D eigenvalue weighted by Gasteiger charge is -1.98. The van der Waals surface area contributed by atoms with E-state index in [0.717, 1.165) is 16.7 Å². The summed E-state index contributed by atoms with van der Waals surface area (Å²) in [6, 6.07) is 5.92. The summed E-state index contributed by atoms with van der Waals surface area (Å²) in [4.78, 5) is 0. The Balaban J connectivity index is 2.41. The van der Waals surface area contributed by atoms with Crippen LogP contribution in [0.15, 0.2) is 18.3 Å². The Hall–Kier alpha value is -2.15. The summed E-state index contributed by atoms with van der Waals surface area (Å²) >= 11 is 0. The molecule has 0 N–H and O–H groups in total. The Labute approximate surface area is 86.2 Å². The highest BCUT2D eigenvalue weighted by Crippen LogP contribution is 2.37. The smallest absolute Gasteiger partial charge is 0.231 e. The van der Waals surface area contributed by atoms with Crippen LogP contribution >= 0.6 is 0 Å². The maximum atomic E-state index is 8.96. The van der Waals surface area contributed by atoms with Crippen LogP contribution in [0, 0.1) is 11.3 Å². The van der Waals surface area contributed by atoms with E-state index < -0.39 is 0 Å². The molecule has 0 bridgehead atoms. The van der Waals surface area contributed by atoms with Gasteiger partial charge in [-0.15, -0.1) is 0 Å². The number of hydrogen-bond acceptors (Lipinski definition) is 3. The first-order chi connectivity index (χ1) is 7.29. The van der Waals surface area contributed by atoms with Gasteiger partial charge in [-0.1, -0.05) is 0 Å². The minimum Gasteiger partial charge on any atom is -0.454 e. The molecule has 0 aliphatic carbocycles. The van der Waals surface area contributed by atoms with Gasteiger partial charge >= 0.3 is 0 Å². The van der Waals surface area contributed by atoms with Crippen molar-refractivity contribution < 1.29 is 9.47 Å². The van der Waals surface area contributed by atoms with E-state index in [4.69, 9.17) is 14.7 Å². The minimum absolute atomic E-state index is 0.257. The molecule has 3 rings (SSSR count). The molecule has 0 unspecified atom stereocenters. The fourth-order valence-electron chi connectivity index (χ4n) is 1.86. The monoisotopic (exact) mass is 200 g/mol. The van der Waals surface area contributed by atoms with Crippen LogP contribution in [0.4, 0.5) is 0 Å². The molecular weight excluding hydrogens is 192 g/mol. The summed E-state index contributed by atoms with van der Waals surface area (Å²) in [5, 5.41) is 9.87. The van der Waals surface area contributed by atoms with Crippen LogP contribution in [0.25, 0.3) is 10.9 Å². The van der Waals surface area contributed by atoms with E-state index >= 15 is 0 Å². The summed E-state index contributed by atoms with van der Waals surface area (Å²) in [6.07, 6.45) is 1.81. The normalized spacial score (nSPS) is 13.1. The van der Waals surface area contributed by atoms with Crippen molar-refractivity contribution in [1.82, 2.24) is 4.57 Å². The van der Waals surface area contributed by atoms with E-state index in [0.29, 0.717) is 11.3 Å². The third-order valence-corrected chi connectivity index (χ3v) is 2.60. The molecule has 0 spiro atoms. The molecular formula is C11H8N2O2. The second kappa shape index (κ2) is 2.67. The highest BCUT2D eigenvalue weighted by molar-refractivity contribution is 5.89. The third-order valence-electron chi connectivity index (χ3n) is 2.60. The lowest BCUT2D eigenvalue weighted by Crippen LogP contribution is -1.93. The van der Waals surface area contributed by atoms with Gasteiger partial charge in [-0.05, 0) is 6.07 Å². The van der Waals surface area contributed by atoms with Crippen molar-refractivity contribution in [3.8, 4) is 17.6 Å². The van der Waals surface area contributed by atoms with Crippen LogP contribution in [-0.2, 0) is 7.05 Å². The average Bonchev–Trinajstić information content (AvgIpc) is 2.81. The van der Waals surface area contributed by atoms with Crippen LogP contribution in [0.1, 0.15) is 5.56 Å². The van der Waals surface area contributed by atoms with Crippen LogP contribution in [0.2, 0.25) is 0 Å². The van der Waals surface area contributed by atoms with Gasteiger partial charge in [0.25, 0.3) is 0 Å². The van der Waals surface area contributed by atoms with Gasteiger partial charge in [0.05, 0.1) is 11.1 Å². The SMILES string of the molecule is Cn1cc(C#N)c2cc3c(cc21)OCO3. The highest BCUT2D eigenvalue weighted by Gasteiger charge is 2.17. The molecule has 1 aromatic heterocycles. The highest BCUT2D eigenvalue weighted by atomic mass is 16.7. The lowest BCUT2D eigenvalue weighted by molar-refractivity contribution is 0.174. The quantitative estimate of drug-likeness (QED) is 0.651. The van der Waals surface area contributed by atoms with Crippen molar-refractivity contribution in [2.45, 2.75) is 0 Å². The minimum atomic E-state index is 0.257. The molecule has 0 atom stereocenters. The Bertz CT molecular complexity index is 593. The summed E-state index contributed by atoms with van der Waals surface area (Å²) in [5.41, 5.74) is 1.64. The largest absolute Gasteiger partial charge is 0.454 e. The number of nitriles is 1. The maximum absolute atomic E-state index is 8.96. The summed E-state index contributed by atoms with van der Waals surface area (Å²) in [5.74, 6) is 1.46. The summed E-state index contributed by atoms with van der Waals surface area (Å²) < 4.78 is 12.5. The molecule has 0 radical (unpaired) electrons. The standard InChI is InChI=1S/C11H8N2O2/c1-13-5-7(4-12)8-2-10-11(3-9(8)13)15-6-14-10/h2-3,5H,6H2,1H3. The second-order valence-corrected chi connectivity index (χ2v) is 3.49. The number of aromatic nitrogens is 1. The molecule has 2 aromatic rings. The fraction of sp³-hybridized carbons (Fsp3) is 0.182. The van der Waals surface area contributed by atoms with Crippen LogP contribution < -0.4 is 9.47 Å². The summed E-state index contributed by atoms with van der Waals surface area (Å²) in [6.45, 7) is 0.257. The number of rotatable bonds is 0. The van der Waals surface area contributed by atoms with Gasteiger partial charge in [0.1, 0.15) is 6.07 Å². The zero-order valence-electron chi connectivity index (χ0n) is 8.15. The Morgan fingerprint density at radius 2 is 2.07 bits per heavy atom. The van der Waals surface area contributed by atoms with Gasteiger partial charge < -0.3 is 14.0 Å². The van der Waals surface area contributed by atoms with Crippen molar-refractivity contribution in [2.24, 2.45) is 7.05 Å². The zero-order valence-corrected chi connectivity index (χ0v) is 8.15. The van der Waals surface area contributed by atoms with Crippen molar-refractivity contribution >= 4 is 10.9 Å². The van der Waals surface area contributed by atoms with E-state index in [1.165, 1.54) is 0 Å². The van der Waals surface area contributed by atoms with Gasteiger partial charge in [-0.25, -0.2) is 0 Å². The van der Waals surface area contributed by atoms with Gasteiger partial charge in [0.15, 0.2) is 11.5 Å². The van der Waals surface area contributed by atoms with E-state index in [2.05, 4.69) is 6.07 Å². The van der Waals surface area contributed by atoms with E-state index in [9.17, 15) is 0 Å². The lowest BCUT2D eigenvalue weighted by atomic mass is 10.2. The number of nitrogens with zero attached hydrogens (tertiary/aromatic N) is 2. The molecule has 74 valence electrons. The van der Waals surface area contributed by atoms with E-state index in [1.807, 2.05) is 23.7 Å². The predicted molar refractivity (Wildman–Crippen MR) is 53.8 cm³/mol. The maximum Gasteiger partial charge on any atom is 0.231 e. The van der Waals surface area contributed by atoms with Crippen LogP contribution in [-0.4, -0.2) is 11.4 Å². The Morgan fingerprint density at radius 3 is 2.80 bits per heavy atom. The number of benzene rings is 1. The number of ether oxygens (including phenoxy) is 2. The molecule has 0 amide bonds. The third kappa shape index (κ3) is 1.00. The Kier molecular flexibility index (Phi) is 1.46. The van der Waals surface area contributed by atoms with Crippen molar-refractivity contribution in [3.63, 3.8) is 0 Å². The molecule has 0 saturated heterocycles. The second-order valence-electron chi connectivity index (χ2n) is 3.49. The molecule has 4 nitrogen and oxygen atoms in total. The van der Waals surface area contributed by atoms with Crippen LogP contribution in [0.5, 0.6) is 11.5 Å². The zero-order chi connectivity index (χ0) is 10.4. The number of fused-ring (bicyclic) bond motifs is 2. The van der Waals surface area contributed by atoms with Crippen molar-refractivity contribution in [3.05, 3.63) is 23.9 Å². The molecule has 2 heterocycles. The first-order valence-electron chi connectivity index (χ1n) is 4.58. The average molecular weight is 200 g/mol. The molecule has 1 aliphatic heterocycles. The molecule has 1 aromatic carbocycles. The molecule has 0 saturated carbocycles. The van der Waals surface area contributed by atoms with Crippen LogP contribution in [0.3, 0.4) is 0 Å². The number of aryl methyl sites for hydroxylation is 1. The topological polar surface area (TPSA) is 47.2 Å². The van der Waals surface area contributed by atoms with Crippen molar-refractivity contribution in [1.29, 1.82) is 5.26 Å². The first kappa shape index (κ1) is 8.18. The predicted octanol–water partition coefficient (Wildman–Crippen LogP) is 1.78. The van der Waals surface area contributed by atoms with E-state index in [-0.39, 0.29) is 6.79 Å². The van der Waals surface area contributed by atoms with E-state index in [1.54, 1.807) is 6.20 Å². The molecule has 15 heavy (non-hydrogen) atoms. The van der Waals surface area contributed by atoms with Gasteiger partial charge in [-0.2, -0.15) is 5.26 Å². The van der Waals surface area contributed by atoms with Gasteiger partial charge in [-0.3, -0.25) is 0 Å². The summed E-state index contributed by atoms with van der Waals surface area (Å²) in [7, 11) is 1.91. The van der Waals surface area contributed by atoms with Crippen molar-refractivity contribution in [2.75, 3.05) is 6.79 Å². The first-order valence-corrected chi connectivity index (χ1v) is 4.58. The Morgan fingerprint density at radius 1 is 1.33 bits per heavy atom. The fourth-order valence-corrected chi connectivity index (χ4v) is 1.86. The molecule has 4 heteroatoms. The molecule has 0 fully saturated rings. The number of hydrogen-bond donors (Lipinski definition) is 0. The van der Waals surface area contributed by atoms with Gasteiger partial charge in [0, 0.05) is 24.7 Å².